The summed E-state index contributed by atoms with van der Waals surface area (Å²) in [4.78, 5) is 36.9. The van der Waals surface area contributed by atoms with E-state index in [9.17, 15) is 14.4 Å². The van der Waals surface area contributed by atoms with Crippen LogP contribution in [0.5, 0.6) is 0 Å². The standard InChI is InChI=1S/C16H16N2O4S2/c1-3-11(15(21)22)17-13(19)10-6-4-9(5-7-10)8-12-14(20)18(2)16(23)24-12/h4-8,11H,3H2,1-2H3,(H,17,19)(H,21,22)/b12-8+/t11-/m1/s1. The van der Waals surface area contributed by atoms with E-state index in [0.29, 0.717) is 21.2 Å². The van der Waals surface area contributed by atoms with Gasteiger partial charge in [0.05, 0.1) is 4.91 Å². The van der Waals surface area contributed by atoms with Gasteiger partial charge in [-0.05, 0) is 30.2 Å². The Morgan fingerprint density at radius 2 is 2.00 bits per heavy atom. The van der Waals surface area contributed by atoms with E-state index in [1.807, 2.05) is 0 Å². The molecule has 1 saturated heterocycles. The van der Waals surface area contributed by atoms with Gasteiger partial charge in [-0.15, -0.1) is 0 Å². The minimum Gasteiger partial charge on any atom is -0.480 e. The summed E-state index contributed by atoms with van der Waals surface area (Å²) in [7, 11) is 1.62. The van der Waals surface area contributed by atoms with E-state index in [1.54, 1.807) is 44.3 Å². The third-order valence-electron chi connectivity index (χ3n) is 3.47. The molecular formula is C16H16N2O4S2. The van der Waals surface area contributed by atoms with E-state index in [-0.39, 0.29) is 5.91 Å². The summed E-state index contributed by atoms with van der Waals surface area (Å²) in [6.07, 6.45) is 2.01. The quantitative estimate of drug-likeness (QED) is 0.615. The van der Waals surface area contributed by atoms with Gasteiger partial charge in [-0.1, -0.05) is 43.0 Å². The summed E-state index contributed by atoms with van der Waals surface area (Å²) >= 11 is 6.29. The minimum atomic E-state index is -1.07. The maximum atomic E-state index is 12.0. The van der Waals surface area contributed by atoms with Crippen LogP contribution in [0.25, 0.3) is 6.08 Å². The number of carbonyl (C=O) groups excluding carboxylic acids is 2. The van der Waals surface area contributed by atoms with Gasteiger partial charge in [-0.3, -0.25) is 14.5 Å². The van der Waals surface area contributed by atoms with Crippen LogP contribution in [0.4, 0.5) is 0 Å². The first kappa shape index (κ1) is 18.2. The van der Waals surface area contributed by atoms with Crippen LogP contribution in [-0.2, 0) is 9.59 Å². The highest BCUT2D eigenvalue weighted by molar-refractivity contribution is 8.26. The van der Waals surface area contributed by atoms with Crippen molar-refractivity contribution >= 4 is 52.2 Å². The first-order valence-corrected chi connectivity index (χ1v) is 8.41. The normalized spacial score (nSPS) is 17.2. The lowest BCUT2D eigenvalue weighted by molar-refractivity contribution is -0.139. The van der Waals surface area contributed by atoms with Crippen LogP contribution < -0.4 is 5.32 Å². The average Bonchev–Trinajstić information content (AvgIpc) is 2.79. The zero-order valence-corrected chi connectivity index (χ0v) is 14.7. The lowest BCUT2D eigenvalue weighted by atomic mass is 10.1. The maximum absolute atomic E-state index is 12.0. The van der Waals surface area contributed by atoms with Crippen LogP contribution in [0.15, 0.2) is 29.2 Å². The van der Waals surface area contributed by atoms with Crippen LogP contribution in [0.2, 0.25) is 0 Å². The average molecular weight is 364 g/mol. The molecule has 2 rings (SSSR count). The Morgan fingerprint density at radius 1 is 1.38 bits per heavy atom. The molecule has 0 unspecified atom stereocenters. The van der Waals surface area contributed by atoms with Crippen LogP contribution in [-0.4, -0.2) is 45.2 Å². The lowest BCUT2D eigenvalue weighted by Gasteiger charge is -2.12. The second-order valence-corrected chi connectivity index (χ2v) is 6.81. The summed E-state index contributed by atoms with van der Waals surface area (Å²) < 4.78 is 0.501. The molecule has 2 N–H and O–H groups in total. The van der Waals surface area contributed by atoms with E-state index in [0.717, 1.165) is 5.56 Å². The number of aliphatic carboxylic acids is 1. The summed E-state index contributed by atoms with van der Waals surface area (Å²) in [6, 6.07) is 5.64. The monoisotopic (exact) mass is 364 g/mol. The van der Waals surface area contributed by atoms with E-state index in [2.05, 4.69) is 5.32 Å². The van der Waals surface area contributed by atoms with Crippen molar-refractivity contribution in [3.8, 4) is 0 Å². The summed E-state index contributed by atoms with van der Waals surface area (Å²) in [5, 5.41) is 11.4. The molecule has 1 heterocycles. The molecule has 126 valence electrons. The molecule has 1 fully saturated rings. The Bertz CT molecular complexity index is 728. The van der Waals surface area contributed by atoms with Crippen LogP contribution in [0, 0.1) is 0 Å². The molecule has 8 heteroatoms. The number of hydrogen-bond donors (Lipinski definition) is 2. The molecule has 24 heavy (non-hydrogen) atoms. The lowest BCUT2D eigenvalue weighted by Crippen LogP contribution is -2.40. The largest absolute Gasteiger partial charge is 0.480 e. The smallest absolute Gasteiger partial charge is 0.326 e. The molecule has 6 nitrogen and oxygen atoms in total. The molecule has 0 bridgehead atoms. The molecule has 2 amide bonds. The topological polar surface area (TPSA) is 86.7 Å². The predicted molar refractivity (Wildman–Crippen MR) is 96.6 cm³/mol. The van der Waals surface area contributed by atoms with Gasteiger partial charge >= 0.3 is 5.97 Å². The fourth-order valence-electron chi connectivity index (χ4n) is 2.01. The zero-order valence-electron chi connectivity index (χ0n) is 13.1. The molecule has 0 radical (unpaired) electrons. The van der Waals surface area contributed by atoms with Crippen molar-refractivity contribution in [2.24, 2.45) is 0 Å². The first-order chi connectivity index (χ1) is 11.3. The van der Waals surface area contributed by atoms with Crippen LogP contribution >= 0.6 is 24.0 Å². The number of thioether (sulfide) groups is 1. The number of likely N-dealkylation sites (N-methyl/N-ethyl adjacent to an activating group) is 1. The van der Waals surface area contributed by atoms with Crippen molar-refractivity contribution in [2.45, 2.75) is 19.4 Å². The third-order valence-corrected chi connectivity index (χ3v) is 4.95. The molecule has 0 spiro atoms. The number of thiocarbonyl (C=S) groups is 1. The minimum absolute atomic E-state index is 0.154. The van der Waals surface area contributed by atoms with Gasteiger partial charge in [0.15, 0.2) is 0 Å². The number of carboxylic acids is 1. The Balaban J connectivity index is 2.11. The zero-order chi connectivity index (χ0) is 17.9. The van der Waals surface area contributed by atoms with Crippen molar-refractivity contribution in [2.75, 3.05) is 7.05 Å². The number of rotatable bonds is 5. The van der Waals surface area contributed by atoms with E-state index < -0.39 is 17.9 Å². The van der Waals surface area contributed by atoms with Gasteiger partial charge < -0.3 is 10.4 Å². The third kappa shape index (κ3) is 4.01. The van der Waals surface area contributed by atoms with E-state index >= 15 is 0 Å². The highest BCUT2D eigenvalue weighted by atomic mass is 32.2. The van der Waals surface area contributed by atoms with Crippen molar-refractivity contribution < 1.29 is 19.5 Å². The van der Waals surface area contributed by atoms with Crippen molar-refractivity contribution in [1.82, 2.24) is 10.2 Å². The van der Waals surface area contributed by atoms with Gasteiger partial charge in [-0.25, -0.2) is 4.79 Å². The summed E-state index contributed by atoms with van der Waals surface area (Å²) in [5.74, 6) is -1.67. The van der Waals surface area contributed by atoms with Crippen LogP contribution in [0.3, 0.4) is 0 Å². The number of carboxylic acid groups (broad SMARTS) is 1. The fraction of sp³-hybridized carbons (Fsp3) is 0.250. The van der Waals surface area contributed by atoms with Gasteiger partial charge in [0.2, 0.25) is 0 Å². The fourth-order valence-corrected chi connectivity index (χ4v) is 3.19. The summed E-state index contributed by atoms with van der Waals surface area (Å²) in [5.41, 5.74) is 1.11. The van der Waals surface area contributed by atoms with Gasteiger partial charge in [0, 0.05) is 12.6 Å². The highest BCUT2D eigenvalue weighted by Gasteiger charge is 2.28. The van der Waals surface area contributed by atoms with Gasteiger partial charge in [0.25, 0.3) is 11.8 Å². The predicted octanol–water partition coefficient (Wildman–Crippen LogP) is 2.11. The number of carbonyl (C=O) groups is 3. The van der Waals surface area contributed by atoms with Crippen molar-refractivity contribution in [3.05, 3.63) is 40.3 Å². The van der Waals surface area contributed by atoms with Crippen molar-refractivity contribution in [3.63, 3.8) is 0 Å². The molecule has 0 aromatic heterocycles. The molecule has 0 saturated carbocycles. The van der Waals surface area contributed by atoms with Crippen LogP contribution in [0.1, 0.15) is 29.3 Å². The SMILES string of the molecule is CC[C@@H](NC(=O)c1ccc(/C=C2/SC(=S)N(C)C2=O)cc1)C(=O)O. The summed E-state index contributed by atoms with van der Waals surface area (Å²) in [6.45, 7) is 1.69. The Morgan fingerprint density at radius 3 is 2.46 bits per heavy atom. The Hall–Kier alpha value is -2.19. The van der Waals surface area contributed by atoms with Gasteiger partial charge in [-0.2, -0.15) is 0 Å². The highest BCUT2D eigenvalue weighted by Crippen LogP contribution is 2.31. The first-order valence-electron chi connectivity index (χ1n) is 7.18. The Labute approximate surface area is 148 Å². The molecule has 1 aliphatic heterocycles. The second-order valence-electron chi connectivity index (χ2n) is 5.14. The van der Waals surface area contributed by atoms with Crippen molar-refractivity contribution in [1.29, 1.82) is 0 Å². The molecular weight excluding hydrogens is 348 g/mol. The van der Waals surface area contributed by atoms with E-state index in [1.165, 1.54) is 16.7 Å². The Kier molecular flexibility index (Phi) is 5.74. The van der Waals surface area contributed by atoms with Gasteiger partial charge in [0.1, 0.15) is 10.4 Å². The number of nitrogens with one attached hydrogen (secondary N) is 1. The number of benzene rings is 1. The molecule has 0 aliphatic carbocycles. The molecule has 1 aromatic rings. The molecule has 1 aliphatic rings. The molecule has 1 atom stereocenters. The number of nitrogens with zero attached hydrogens (tertiary/aromatic N) is 1. The molecule has 1 aromatic carbocycles. The van der Waals surface area contributed by atoms with E-state index in [4.69, 9.17) is 17.3 Å². The maximum Gasteiger partial charge on any atom is 0.326 e. The number of hydrogen-bond acceptors (Lipinski definition) is 5. The number of amides is 2. The second kappa shape index (κ2) is 7.59.